The van der Waals surface area contributed by atoms with Gasteiger partial charge in [0, 0.05) is 16.1 Å². The van der Waals surface area contributed by atoms with E-state index in [1.807, 2.05) is 24.3 Å². The zero-order chi connectivity index (χ0) is 16.9. The van der Waals surface area contributed by atoms with Gasteiger partial charge in [-0.1, -0.05) is 42.5 Å². The summed E-state index contributed by atoms with van der Waals surface area (Å²) in [6.07, 6.45) is 3.30. The molecule has 120 valence electrons. The predicted octanol–water partition coefficient (Wildman–Crippen LogP) is 4.25. The number of esters is 1. The molecule has 24 heavy (non-hydrogen) atoms. The fraction of sp³-hybridized carbons (Fsp3) is 0.0526. The molecule has 3 rings (SSSR count). The SMILES string of the molecule is C=CCOc1ccccc1/C=C1\N=C(c2ccc(Cl)cc2)OC1=O. The summed E-state index contributed by atoms with van der Waals surface area (Å²) in [7, 11) is 0. The molecule has 1 heterocycles. The van der Waals surface area contributed by atoms with Gasteiger partial charge in [0.15, 0.2) is 5.70 Å². The Morgan fingerprint density at radius 3 is 2.67 bits per heavy atom. The molecule has 0 aromatic heterocycles. The number of ether oxygens (including phenoxy) is 2. The van der Waals surface area contributed by atoms with Crippen molar-refractivity contribution in [3.8, 4) is 5.75 Å². The summed E-state index contributed by atoms with van der Waals surface area (Å²) in [6, 6.07) is 14.3. The number of hydrogen-bond donors (Lipinski definition) is 0. The molecule has 0 saturated carbocycles. The molecule has 0 bridgehead atoms. The van der Waals surface area contributed by atoms with Crippen molar-refractivity contribution in [2.24, 2.45) is 4.99 Å². The first-order valence-corrected chi connectivity index (χ1v) is 7.66. The second-order valence-electron chi connectivity index (χ2n) is 4.98. The topological polar surface area (TPSA) is 47.9 Å². The van der Waals surface area contributed by atoms with Gasteiger partial charge in [0.05, 0.1) is 0 Å². The maximum absolute atomic E-state index is 12.1. The lowest BCUT2D eigenvalue weighted by Gasteiger charge is -2.06. The van der Waals surface area contributed by atoms with Gasteiger partial charge in [-0.2, -0.15) is 0 Å². The van der Waals surface area contributed by atoms with Crippen LogP contribution in [0.15, 0.2) is 71.9 Å². The number of cyclic esters (lactones) is 1. The molecular formula is C19H14ClNO3. The predicted molar refractivity (Wildman–Crippen MR) is 94.2 cm³/mol. The highest BCUT2D eigenvalue weighted by Crippen LogP contribution is 2.25. The molecule has 0 saturated heterocycles. The summed E-state index contributed by atoms with van der Waals surface area (Å²) in [6.45, 7) is 4.00. The van der Waals surface area contributed by atoms with E-state index in [-0.39, 0.29) is 11.6 Å². The average molecular weight is 340 g/mol. The molecule has 0 fully saturated rings. The van der Waals surface area contributed by atoms with Crippen LogP contribution in [0.4, 0.5) is 0 Å². The number of halogens is 1. The van der Waals surface area contributed by atoms with Gasteiger partial charge in [0.2, 0.25) is 5.90 Å². The van der Waals surface area contributed by atoms with Crippen LogP contribution in [-0.4, -0.2) is 18.5 Å². The van der Waals surface area contributed by atoms with E-state index in [1.165, 1.54) is 0 Å². The standard InChI is InChI=1S/C19H14ClNO3/c1-2-11-23-17-6-4-3-5-14(17)12-16-19(22)24-18(21-16)13-7-9-15(20)10-8-13/h2-10,12H,1,11H2/b16-12-. The minimum Gasteiger partial charge on any atom is -0.489 e. The Balaban J connectivity index is 1.91. The summed E-state index contributed by atoms with van der Waals surface area (Å²) in [5.74, 6) is 0.402. The second kappa shape index (κ2) is 7.15. The fourth-order valence-corrected chi connectivity index (χ4v) is 2.28. The van der Waals surface area contributed by atoms with Crippen LogP contribution in [-0.2, 0) is 9.53 Å². The maximum atomic E-state index is 12.1. The van der Waals surface area contributed by atoms with Gasteiger partial charge in [0.25, 0.3) is 0 Å². The highest BCUT2D eigenvalue weighted by molar-refractivity contribution is 6.30. The highest BCUT2D eigenvalue weighted by Gasteiger charge is 2.24. The quantitative estimate of drug-likeness (QED) is 0.465. The van der Waals surface area contributed by atoms with E-state index in [9.17, 15) is 4.79 Å². The van der Waals surface area contributed by atoms with Crippen LogP contribution in [0, 0.1) is 0 Å². The minimum absolute atomic E-state index is 0.217. The van der Waals surface area contributed by atoms with E-state index in [2.05, 4.69) is 11.6 Å². The molecule has 4 nitrogen and oxygen atoms in total. The number of carbonyl (C=O) groups excluding carboxylic acids is 1. The third-order valence-corrected chi connectivity index (χ3v) is 3.53. The monoisotopic (exact) mass is 339 g/mol. The van der Waals surface area contributed by atoms with Gasteiger partial charge < -0.3 is 9.47 Å². The van der Waals surface area contributed by atoms with Crippen LogP contribution in [0.3, 0.4) is 0 Å². The Kier molecular flexibility index (Phi) is 4.77. The van der Waals surface area contributed by atoms with Crippen LogP contribution in [0.2, 0.25) is 5.02 Å². The Morgan fingerprint density at radius 1 is 1.17 bits per heavy atom. The largest absolute Gasteiger partial charge is 0.489 e. The lowest BCUT2D eigenvalue weighted by molar-refractivity contribution is -0.129. The summed E-state index contributed by atoms with van der Waals surface area (Å²) in [4.78, 5) is 16.3. The van der Waals surface area contributed by atoms with Crippen LogP contribution in [0.25, 0.3) is 6.08 Å². The van der Waals surface area contributed by atoms with E-state index in [0.717, 1.165) is 5.56 Å². The Hall–Kier alpha value is -2.85. The van der Waals surface area contributed by atoms with E-state index < -0.39 is 5.97 Å². The second-order valence-corrected chi connectivity index (χ2v) is 5.42. The molecule has 1 aliphatic rings. The molecule has 0 spiro atoms. The van der Waals surface area contributed by atoms with Crippen molar-refractivity contribution < 1.29 is 14.3 Å². The smallest absolute Gasteiger partial charge is 0.363 e. The van der Waals surface area contributed by atoms with Crippen molar-refractivity contribution in [2.75, 3.05) is 6.61 Å². The van der Waals surface area contributed by atoms with E-state index in [0.29, 0.717) is 22.9 Å². The average Bonchev–Trinajstić information content (AvgIpc) is 2.95. The number of carbonyl (C=O) groups is 1. The normalized spacial score (nSPS) is 15.1. The number of aliphatic imine (C=N–C) groups is 1. The molecule has 1 aliphatic heterocycles. The first-order valence-electron chi connectivity index (χ1n) is 7.28. The lowest BCUT2D eigenvalue weighted by atomic mass is 10.1. The Morgan fingerprint density at radius 2 is 1.92 bits per heavy atom. The van der Waals surface area contributed by atoms with Crippen LogP contribution < -0.4 is 4.74 Å². The molecule has 0 atom stereocenters. The van der Waals surface area contributed by atoms with E-state index in [4.69, 9.17) is 21.1 Å². The van der Waals surface area contributed by atoms with Gasteiger partial charge in [-0.15, -0.1) is 0 Å². The van der Waals surface area contributed by atoms with Crippen molar-refractivity contribution in [1.82, 2.24) is 0 Å². The molecule has 2 aromatic rings. The molecule has 0 N–H and O–H groups in total. The maximum Gasteiger partial charge on any atom is 0.363 e. The fourth-order valence-electron chi connectivity index (χ4n) is 2.15. The van der Waals surface area contributed by atoms with Crippen molar-refractivity contribution in [1.29, 1.82) is 0 Å². The zero-order valence-electron chi connectivity index (χ0n) is 12.7. The lowest BCUT2D eigenvalue weighted by Crippen LogP contribution is -2.05. The van der Waals surface area contributed by atoms with Crippen molar-refractivity contribution in [3.05, 3.63) is 83.0 Å². The molecular weight excluding hydrogens is 326 g/mol. The van der Waals surface area contributed by atoms with Crippen molar-refractivity contribution >= 4 is 29.5 Å². The summed E-state index contributed by atoms with van der Waals surface area (Å²) < 4.78 is 10.8. The number of para-hydroxylation sites is 1. The number of benzene rings is 2. The van der Waals surface area contributed by atoms with E-state index in [1.54, 1.807) is 36.4 Å². The van der Waals surface area contributed by atoms with Gasteiger partial charge in [-0.05, 0) is 36.4 Å². The number of nitrogens with zero attached hydrogens (tertiary/aromatic N) is 1. The van der Waals surface area contributed by atoms with Crippen LogP contribution >= 0.6 is 11.6 Å². The van der Waals surface area contributed by atoms with Gasteiger partial charge in [-0.3, -0.25) is 0 Å². The highest BCUT2D eigenvalue weighted by atomic mass is 35.5. The minimum atomic E-state index is -0.501. The van der Waals surface area contributed by atoms with Gasteiger partial charge >= 0.3 is 5.97 Å². The van der Waals surface area contributed by atoms with Crippen LogP contribution in [0.5, 0.6) is 5.75 Å². The van der Waals surface area contributed by atoms with Crippen LogP contribution in [0.1, 0.15) is 11.1 Å². The molecule has 0 amide bonds. The van der Waals surface area contributed by atoms with E-state index >= 15 is 0 Å². The molecule has 0 unspecified atom stereocenters. The number of hydrogen-bond acceptors (Lipinski definition) is 4. The summed E-state index contributed by atoms with van der Waals surface area (Å²) >= 11 is 5.86. The Bertz CT molecular complexity index is 838. The molecule has 0 radical (unpaired) electrons. The first kappa shape index (κ1) is 16.0. The third kappa shape index (κ3) is 3.55. The van der Waals surface area contributed by atoms with Crippen molar-refractivity contribution in [2.45, 2.75) is 0 Å². The molecule has 2 aromatic carbocycles. The Labute approximate surface area is 144 Å². The first-order chi connectivity index (χ1) is 11.7. The van der Waals surface area contributed by atoms with Gasteiger partial charge in [0.1, 0.15) is 12.4 Å². The number of rotatable bonds is 5. The third-order valence-electron chi connectivity index (χ3n) is 3.28. The van der Waals surface area contributed by atoms with Gasteiger partial charge in [-0.25, -0.2) is 9.79 Å². The summed E-state index contributed by atoms with van der Waals surface area (Å²) in [5, 5.41) is 0.604. The zero-order valence-corrected chi connectivity index (χ0v) is 13.5. The summed E-state index contributed by atoms with van der Waals surface area (Å²) in [5.41, 5.74) is 1.65. The molecule has 5 heteroatoms. The van der Waals surface area contributed by atoms with Crippen molar-refractivity contribution in [3.63, 3.8) is 0 Å². The molecule has 0 aliphatic carbocycles.